The number of Topliss-reactive ketones (excluding diaryl/α,β-unsaturated/α-hetero) is 2. The fourth-order valence-corrected chi connectivity index (χ4v) is 6.05. The van der Waals surface area contributed by atoms with E-state index in [2.05, 4.69) is 27.7 Å². The molecule has 1 aromatic carbocycles. The molecule has 3 aliphatic rings. The number of hydrogen-bond donors (Lipinski definition) is 0. The number of benzene rings is 1. The van der Waals surface area contributed by atoms with Crippen LogP contribution in [0.25, 0.3) is 0 Å². The van der Waals surface area contributed by atoms with Crippen LogP contribution in [0, 0.1) is 22.7 Å². The highest BCUT2D eigenvalue weighted by atomic mass is 35.5. The van der Waals surface area contributed by atoms with E-state index < -0.39 is 0 Å². The predicted octanol–water partition coefficient (Wildman–Crippen LogP) is 5.20. The van der Waals surface area contributed by atoms with Crippen LogP contribution in [0.15, 0.2) is 24.3 Å². The summed E-state index contributed by atoms with van der Waals surface area (Å²) < 4.78 is 6.51. The maximum atomic E-state index is 13.2. The van der Waals surface area contributed by atoms with Gasteiger partial charge >= 0.3 is 0 Å². The third-order valence-electron chi connectivity index (χ3n) is 6.75. The van der Waals surface area contributed by atoms with E-state index in [1.807, 2.05) is 24.3 Å². The third kappa shape index (κ3) is 3.38. The van der Waals surface area contributed by atoms with Gasteiger partial charge in [-0.2, -0.15) is 0 Å². The zero-order valence-electron chi connectivity index (χ0n) is 16.6. The van der Waals surface area contributed by atoms with Gasteiger partial charge in [0.05, 0.1) is 24.0 Å². The molecule has 1 aromatic rings. The summed E-state index contributed by atoms with van der Waals surface area (Å²) in [4.78, 5) is 26.4. The molecule has 1 heterocycles. The zero-order chi connectivity index (χ0) is 19.6. The molecule has 2 aliphatic carbocycles. The lowest BCUT2D eigenvalue weighted by Crippen LogP contribution is -2.58. The summed E-state index contributed by atoms with van der Waals surface area (Å²) in [5, 5.41) is 0.650. The number of halogens is 1. The van der Waals surface area contributed by atoms with E-state index in [-0.39, 0.29) is 52.4 Å². The number of hydrogen-bond acceptors (Lipinski definition) is 3. The van der Waals surface area contributed by atoms with Crippen molar-refractivity contribution in [2.45, 2.75) is 71.5 Å². The van der Waals surface area contributed by atoms with Crippen LogP contribution in [0.4, 0.5) is 0 Å². The third-order valence-corrected chi connectivity index (χ3v) is 7.09. The molecular weight excluding hydrogens is 360 g/mol. The van der Waals surface area contributed by atoms with E-state index in [1.165, 1.54) is 0 Å². The van der Waals surface area contributed by atoms with Crippen molar-refractivity contribution in [3.8, 4) is 0 Å². The smallest absolute Gasteiger partial charge is 0.139 e. The van der Waals surface area contributed by atoms with Crippen LogP contribution in [0.1, 0.15) is 64.9 Å². The lowest BCUT2D eigenvalue weighted by atomic mass is 9.56. The summed E-state index contributed by atoms with van der Waals surface area (Å²) in [6.07, 6.45) is 2.51. The first kappa shape index (κ1) is 19.1. The van der Waals surface area contributed by atoms with E-state index in [1.54, 1.807) is 0 Å². The molecule has 3 nitrogen and oxygen atoms in total. The molecule has 0 spiro atoms. The molecule has 0 N–H and O–H groups in total. The standard InChI is InChI=1S/C23H29ClO3/c1-22(2)9-15(25)20-17(11-22)27-18-12-23(3,4)10-16(26)21(18)19(20)13-7-5-6-8-14(13)24/h5-8,17-21H,9-12H2,1-4H3. The van der Waals surface area contributed by atoms with Crippen molar-refractivity contribution in [3.63, 3.8) is 0 Å². The highest BCUT2D eigenvalue weighted by Gasteiger charge is 2.57. The summed E-state index contributed by atoms with van der Waals surface area (Å²) in [6, 6.07) is 7.71. The highest BCUT2D eigenvalue weighted by Crippen LogP contribution is 2.55. The van der Waals surface area contributed by atoms with Crippen LogP contribution >= 0.6 is 11.6 Å². The monoisotopic (exact) mass is 388 g/mol. The van der Waals surface area contributed by atoms with Crippen molar-refractivity contribution in [2.75, 3.05) is 0 Å². The normalized spacial score (nSPS) is 37.4. The van der Waals surface area contributed by atoms with Gasteiger partial charge in [-0.3, -0.25) is 9.59 Å². The number of carbonyl (C=O) groups excluding carboxylic acids is 2. The van der Waals surface area contributed by atoms with Crippen molar-refractivity contribution in [1.82, 2.24) is 0 Å². The molecule has 1 aliphatic heterocycles. The van der Waals surface area contributed by atoms with E-state index in [0.29, 0.717) is 17.9 Å². The van der Waals surface area contributed by atoms with Gasteiger partial charge in [0, 0.05) is 23.8 Å². The van der Waals surface area contributed by atoms with Gasteiger partial charge in [-0.15, -0.1) is 0 Å². The zero-order valence-corrected chi connectivity index (χ0v) is 17.4. The Morgan fingerprint density at radius 3 is 1.81 bits per heavy atom. The van der Waals surface area contributed by atoms with Crippen molar-refractivity contribution >= 4 is 23.2 Å². The summed E-state index contributed by atoms with van der Waals surface area (Å²) in [7, 11) is 0. The van der Waals surface area contributed by atoms with Gasteiger partial charge in [0.1, 0.15) is 11.6 Å². The Labute approximate surface area is 166 Å². The Bertz CT molecular complexity index is 740. The molecule has 27 heavy (non-hydrogen) atoms. The Kier molecular flexibility index (Phi) is 4.55. The molecule has 3 fully saturated rings. The molecule has 0 bridgehead atoms. The number of carbonyl (C=O) groups is 2. The Morgan fingerprint density at radius 2 is 1.33 bits per heavy atom. The Hall–Kier alpha value is -1.19. The highest BCUT2D eigenvalue weighted by molar-refractivity contribution is 6.31. The topological polar surface area (TPSA) is 43.4 Å². The molecule has 1 saturated heterocycles. The second-order valence-electron chi connectivity index (χ2n) is 10.3. The number of fused-ring (bicyclic) bond motifs is 2. The largest absolute Gasteiger partial charge is 0.373 e. The minimum Gasteiger partial charge on any atom is -0.373 e. The van der Waals surface area contributed by atoms with E-state index >= 15 is 0 Å². The first-order valence-corrected chi connectivity index (χ1v) is 10.4. The molecule has 4 atom stereocenters. The molecule has 4 heteroatoms. The summed E-state index contributed by atoms with van der Waals surface area (Å²) in [5.41, 5.74) is 0.808. The molecular formula is C23H29ClO3. The first-order chi connectivity index (χ1) is 12.6. The first-order valence-electron chi connectivity index (χ1n) is 10.0. The quantitative estimate of drug-likeness (QED) is 0.663. The van der Waals surface area contributed by atoms with Crippen LogP contribution in [0.5, 0.6) is 0 Å². The average Bonchev–Trinajstić information content (AvgIpc) is 2.51. The molecule has 0 aromatic heterocycles. The summed E-state index contributed by atoms with van der Waals surface area (Å²) >= 11 is 6.56. The van der Waals surface area contributed by atoms with Crippen molar-refractivity contribution in [3.05, 3.63) is 34.9 Å². The lowest BCUT2D eigenvalue weighted by molar-refractivity contribution is -0.186. The van der Waals surface area contributed by atoms with E-state index in [9.17, 15) is 9.59 Å². The molecule has 0 amide bonds. The summed E-state index contributed by atoms with van der Waals surface area (Å²) in [5.74, 6) is -0.280. The molecule has 4 unspecified atom stereocenters. The second-order valence-corrected chi connectivity index (χ2v) is 10.7. The fraction of sp³-hybridized carbons (Fsp3) is 0.652. The average molecular weight is 389 g/mol. The van der Waals surface area contributed by atoms with Crippen molar-refractivity contribution in [2.24, 2.45) is 22.7 Å². The maximum Gasteiger partial charge on any atom is 0.139 e. The molecule has 0 radical (unpaired) electrons. The van der Waals surface area contributed by atoms with Gasteiger partial charge in [-0.25, -0.2) is 0 Å². The van der Waals surface area contributed by atoms with Gasteiger partial charge in [0.15, 0.2) is 0 Å². The van der Waals surface area contributed by atoms with Crippen LogP contribution in [-0.2, 0) is 14.3 Å². The lowest BCUT2D eigenvalue weighted by Gasteiger charge is -2.54. The number of rotatable bonds is 1. The van der Waals surface area contributed by atoms with Gasteiger partial charge in [-0.05, 0) is 35.3 Å². The Morgan fingerprint density at radius 1 is 0.852 bits per heavy atom. The second kappa shape index (κ2) is 6.42. The minimum absolute atomic E-state index is 0.0652. The minimum atomic E-state index is -0.274. The van der Waals surface area contributed by atoms with Crippen LogP contribution in [0.2, 0.25) is 5.02 Å². The molecule has 2 saturated carbocycles. The van der Waals surface area contributed by atoms with Crippen LogP contribution in [0.3, 0.4) is 0 Å². The van der Waals surface area contributed by atoms with Gasteiger partial charge < -0.3 is 4.74 Å². The van der Waals surface area contributed by atoms with Gasteiger partial charge in [-0.1, -0.05) is 57.5 Å². The molecule has 146 valence electrons. The van der Waals surface area contributed by atoms with Crippen molar-refractivity contribution < 1.29 is 14.3 Å². The predicted molar refractivity (Wildman–Crippen MR) is 106 cm³/mol. The van der Waals surface area contributed by atoms with Crippen LogP contribution < -0.4 is 0 Å². The summed E-state index contributed by atoms with van der Waals surface area (Å²) in [6.45, 7) is 8.54. The van der Waals surface area contributed by atoms with Gasteiger partial charge in [0.2, 0.25) is 0 Å². The number of ketones is 2. The number of ether oxygens (including phenoxy) is 1. The SMILES string of the molecule is CC1(C)CC(=O)C2C(C1)OC1CC(C)(C)CC(=O)C1C2c1ccccc1Cl. The van der Waals surface area contributed by atoms with E-state index in [0.717, 1.165) is 18.4 Å². The molecule has 4 rings (SSSR count). The maximum absolute atomic E-state index is 13.2. The Balaban J connectivity index is 1.82. The fourth-order valence-electron chi connectivity index (χ4n) is 5.79. The van der Waals surface area contributed by atoms with E-state index in [4.69, 9.17) is 16.3 Å². The van der Waals surface area contributed by atoms with Gasteiger partial charge in [0.25, 0.3) is 0 Å². The van der Waals surface area contributed by atoms with Crippen LogP contribution in [-0.4, -0.2) is 23.8 Å². The van der Waals surface area contributed by atoms with Crippen molar-refractivity contribution in [1.29, 1.82) is 0 Å².